The summed E-state index contributed by atoms with van der Waals surface area (Å²) in [4.78, 5) is 0. The van der Waals surface area contributed by atoms with Crippen LogP contribution in [-0.2, 0) is 0 Å². The van der Waals surface area contributed by atoms with Crippen LogP contribution in [0.1, 0.15) is 129 Å². The second-order valence-electron chi connectivity index (χ2n) is 8.95. The average molecular weight is 416 g/mol. The highest BCUT2D eigenvalue weighted by Gasteiger charge is 2.05. The van der Waals surface area contributed by atoms with E-state index in [1.54, 1.807) is 0 Å². The molecule has 0 aromatic rings. The highest BCUT2D eigenvalue weighted by atomic mass is 16.3. The molecule has 0 aromatic carbocycles. The maximum atomic E-state index is 9.86. The topological polar surface area (TPSA) is 72.7 Å². The van der Waals surface area contributed by atoms with Gasteiger partial charge in [-0.15, -0.1) is 0 Å². The van der Waals surface area contributed by atoms with Crippen molar-refractivity contribution in [3.8, 4) is 0 Å². The first-order valence-electron chi connectivity index (χ1n) is 12.9. The van der Waals surface area contributed by atoms with Crippen LogP contribution in [0.15, 0.2) is 0 Å². The van der Waals surface area contributed by atoms with Crippen molar-refractivity contribution in [2.45, 2.75) is 141 Å². The van der Waals surface area contributed by atoms with E-state index >= 15 is 0 Å². The summed E-state index contributed by atoms with van der Waals surface area (Å²) in [6.45, 7) is 2.88. The molecule has 0 aliphatic heterocycles. The Hall–Kier alpha value is -0.160. The van der Waals surface area contributed by atoms with Crippen molar-refractivity contribution in [1.82, 2.24) is 5.32 Å². The van der Waals surface area contributed by atoms with Crippen LogP contribution in [0.2, 0.25) is 0 Å². The molecule has 0 rings (SSSR count). The molecule has 0 heterocycles. The Morgan fingerprint density at radius 2 is 0.862 bits per heavy atom. The molecule has 0 aliphatic carbocycles. The van der Waals surface area contributed by atoms with Crippen molar-refractivity contribution in [2.24, 2.45) is 0 Å². The van der Waals surface area contributed by atoms with Gasteiger partial charge in [0.15, 0.2) is 0 Å². The van der Waals surface area contributed by atoms with Gasteiger partial charge in [0.05, 0.1) is 18.8 Å². The molecular weight excluding hydrogens is 362 g/mol. The Balaban J connectivity index is 3.11. The largest absolute Gasteiger partial charge is 0.394 e. The lowest BCUT2D eigenvalue weighted by molar-refractivity contribution is 0.0880. The smallest absolute Gasteiger partial charge is 0.0894 e. The van der Waals surface area contributed by atoms with Gasteiger partial charge in [-0.3, -0.25) is 0 Å². The zero-order valence-corrected chi connectivity index (χ0v) is 19.6. The molecule has 0 amide bonds. The van der Waals surface area contributed by atoms with E-state index in [0.29, 0.717) is 13.1 Å². The lowest BCUT2D eigenvalue weighted by Crippen LogP contribution is -2.34. The van der Waals surface area contributed by atoms with Crippen LogP contribution in [-0.4, -0.2) is 47.2 Å². The maximum Gasteiger partial charge on any atom is 0.0894 e. The van der Waals surface area contributed by atoms with Crippen LogP contribution in [0.5, 0.6) is 0 Å². The molecule has 0 aliphatic rings. The Morgan fingerprint density at radius 3 is 1.24 bits per heavy atom. The summed E-state index contributed by atoms with van der Waals surface area (Å²) in [6, 6.07) is 0. The number of aliphatic hydroxyl groups is 3. The van der Waals surface area contributed by atoms with Crippen LogP contribution >= 0.6 is 0 Å². The van der Waals surface area contributed by atoms with Gasteiger partial charge in [-0.2, -0.15) is 0 Å². The van der Waals surface area contributed by atoms with E-state index in [1.165, 1.54) is 109 Å². The lowest BCUT2D eigenvalue weighted by Gasteiger charge is -2.13. The van der Waals surface area contributed by atoms with Gasteiger partial charge >= 0.3 is 0 Å². The van der Waals surface area contributed by atoms with Crippen molar-refractivity contribution in [1.29, 1.82) is 0 Å². The first kappa shape index (κ1) is 28.8. The molecule has 4 heteroatoms. The summed E-state index contributed by atoms with van der Waals surface area (Å²) in [5.74, 6) is 0. The summed E-state index contributed by atoms with van der Waals surface area (Å²) in [6.07, 6.45) is 24.5. The summed E-state index contributed by atoms with van der Waals surface area (Å²) < 4.78 is 0. The van der Waals surface area contributed by atoms with E-state index in [4.69, 9.17) is 5.11 Å². The number of rotatable bonds is 24. The fraction of sp³-hybridized carbons (Fsp3) is 1.00. The second kappa shape index (κ2) is 24.1. The predicted octanol–water partition coefficient (Wildman–Crippen LogP) is 5.72. The Labute approximate surface area is 181 Å². The van der Waals surface area contributed by atoms with E-state index in [2.05, 4.69) is 12.2 Å². The van der Waals surface area contributed by atoms with Crippen LogP contribution < -0.4 is 5.32 Å². The Bertz CT molecular complexity index is 302. The third kappa shape index (κ3) is 24.0. The summed E-state index contributed by atoms with van der Waals surface area (Å²) in [5, 5.41) is 30.8. The molecule has 0 saturated heterocycles. The highest BCUT2D eigenvalue weighted by molar-refractivity contribution is 4.63. The monoisotopic (exact) mass is 415 g/mol. The zero-order valence-electron chi connectivity index (χ0n) is 19.6. The molecule has 2 unspecified atom stereocenters. The molecule has 29 heavy (non-hydrogen) atoms. The van der Waals surface area contributed by atoms with Crippen molar-refractivity contribution in [3.05, 3.63) is 0 Å². The van der Waals surface area contributed by atoms with Gasteiger partial charge in [0.25, 0.3) is 0 Å². The molecule has 4 nitrogen and oxygen atoms in total. The lowest BCUT2D eigenvalue weighted by atomic mass is 10.0. The van der Waals surface area contributed by atoms with E-state index in [1.807, 2.05) is 0 Å². The zero-order chi connectivity index (χ0) is 21.4. The van der Waals surface area contributed by atoms with Crippen LogP contribution in [0.25, 0.3) is 0 Å². The molecule has 4 N–H and O–H groups in total. The number of nitrogens with one attached hydrogen (secondary N) is 1. The van der Waals surface area contributed by atoms with Gasteiger partial charge in [-0.25, -0.2) is 0 Å². The minimum absolute atomic E-state index is 0.234. The first-order valence-corrected chi connectivity index (χ1v) is 12.9. The molecule has 0 saturated carbocycles. The average Bonchev–Trinajstić information content (AvgIpc) is 2.72. The van der Waals surface area contributed by atoms with Gasteiger partial charge in [-0.1, -0.05) is 122 Å². The fourth-order valence-corrected chi connectivity index (χ4v) is 3.86. The number of hydrogen-bond acceptors (Lipinski definition) is 4. The molecule has 176 valence electrons. The highest BCUT2D eigenvalue weighted by Crippen LogP contribution is 2.14. The maximum absolute atomic E-state index is 9.86. The second-order valence-corrected chi connectivity index (χ2v) is 8.95. The van der Waals surface area contributed by atoms with Crippen molar-refractivity contribution in [3.63, 3.8) is 0 Å². The van der Waals surface area contributed by atoms with Crippen LogP contribution in [0, 0.1) is 0 Å². The number of unbranched alkanes of at least 4 members (excludes halogenated alkanes) is 17. The summed E-state index contributed by atoms with van der Waals surface area (Å²) in [7, 11) is 0. The predicted molar refractivity (Wildman–Crippen MR) is 125 cm³/mol. The van der Waals surface area contributed by atoms with E-state index < -0.39 is 6.10 Å². The molecular formula is C25H53NO3. The number of hydrogen-bond donors (Lipinski definition) is 4. The SMILES string of the molecule is CCCCCCCCCCCCCCCCCCCCC(O)CNCC(O)CO. The first-order chi connectivity index (χ1) is 14.2. The van der Waals surface area contributed by atoms with Gasteiger partial charge in [0.2, 0.25) is 0 Å². The van der Waals surface area contributed by atoms with Gasteiger partial charge < -0.3 is 20.6 Å². The van der Waals surface area contributed by atoms with E-state index in [9.17, 15) is 10.2 Å². The normalized spacial score (nSPS) is 13.7. The minimum Gasteiger partial charge on any atom is -0.394 e. The third-order valence-electron chi connectivity index (χ3n) is 5.86. The van der Waals surface area contributed by atoms with Gasteiger partial charge in [0.1, 0.15) is 0 Å². The fourth-order valence-electron chi connectivity index (χ4n) is 3.86. The standard InChI is InChI=1S/C25H53NO3/c1-2-3-4-5-6-7-8-9-10-11-12-13-14-15-16-17-18-19-20-24(28)21-26-22-25(29)23-27/h24-29H,2-23H2,1H3. The van der Waals surface area contributed by atoms with Crippen molar-refractivity contribution < 1.29 is 15.3 Å². The minimum atomic E-state index is -0.729. The Morgan fingerprint density at radius 1 is 0.517 bits per heavy atom. The third-order valence-corrected chi connectivity index (χ3v) is 5.86. The van der Waals surface area contributed by atoms with Gasteiger partial charge in [-0.05, 0) is 6.42 Å². The Kier molecular flexibility index (Phi) is 24.0. The molecule has 0 radical (unpaired) electrons. The number of aliphatic hydroxyl groups excluding tert-OH is 3. The molecule has 0 bridgehead atoms. The van der Waals surface area contributed by atoms with E-state index in [-0.39, 0.29) is 12.7 Å². The quantitative estimate of drug-likeness (QED) is 0.152. The summed E-state index contributed by atoms with van der Waals surface area (Å²) in [5.41, 5.74) is 0. The van der Waals surface area contributed by atoms with E-state index in [0.717, 1.165) is 12.8 Å². The van der Waals surface area contributed by atoms with Crippen LogP contribution in [0.4, 0.5) is 0 Å². The van der Waals surface area contributed by atoms with Crippen molar-refractivity contribution in [2.75, 3.05) is 19.7 Å². The molecule has 0 aromatic heterocycles. The van der Waals surface area contributed by atoms with Gasteiger partial charge in [0, 0.05) is 13.1 Å². The molecule has 2 atom stereocenters. The molecule has 0 fully saturated rings. The summed E-state index contributed by atoms with van der Waals surface area (Å²) >= 11 is 0. The van der Waals surface area contributed by atoms with Crippen molar-refractivity contribution >= 4 is 0 Å². The van der Waals surface area contributed by atoms with Crippen LogP contribution in [0.3, 0.4) is 0 Å². The molecule has 0 spiro atoms.